The molecular weight excluding hydrogens is 470 g/mol. The minimum atomic E-state index is -3.86. The Labute approximate surface area is 206 Å². The average molecular weight is 504 g/mol. The molecule has 1 saturated heterocycles. The molecule has 190 valence electrons. The summed E-state index contributed by atoms with van der Waals surface area (Å²) in [5.41, 5.74) is 0.829. The van der Waals surface area contributed by atoms with Crippen LogP contribution < -0.4 is 5.32 Å². The molecule has 2 N–H and O–H groups in total. The maximum atomic E-state index is 13.4. The highest BCUT2D eigenvalue weighted by molar-refractivity contribution is 7.89. The van der Waals surface area contributed by atoms with E-state index in [2.05, 4.69) is 21.9 Å². The molecule has 0 saturated carbocycles. The minimum Gasteiger partial charge on any atom is -0.444 e. The SMILES string of the molecule is C=Cc1cnc(Nc2ccc(S(=O)(=O)N(CCO)C3CCN(C(=O)OC(C)(C)C)CC3)cc2)nc1. The van der Waals surface area contributed by atoms with E-state index in [1.165, 1.54) is 16.4 Å². The van der Waals surface area contributed by atoms with E-state index >= 15 is 0 Å². The Morgan fingerprint density at radius 2 is 1.83 bits per heavy atom. The molecule has 0 spiro atoms. The smallest absolute Gasteiger partial charge is 0.410 e. The van der Waals surface area contributed by atoms with Crippen LogP contribution in [0.3, 0.4) is 0 Å². The van der Waals surface area contributed by atoms with Crippen molar-refractivity contribution in [1.82, 2.24) is 19.2 Å². The van der Waals surface area contributed by atoms with Crippen LogP contribution in [0.5, 0.6) is 0 Å². The molecule has 2 heterocycles. The largest absolute Gasteiger partial charge is 0.444 e. The molecule has 0 bridgehead atoms. The van der Waals surface area contributed by atoms with Gasteiger partial charge in [0.25, 0.3) is 0 Å². The van der Waals surface area contributed by atoms with Gasteiger partial charge in [0.15, 0.2) is 0 Å². The molecule has 10 nitrogen and oxygen atoms in total. The van der Waals surface area contributed by atoms with Crippen molar-refractivity contribution in [3.05, 3.63) is 48.8 Å². The molecule has 3 rings (SSSR count). The Morgan fingerprint density at radius 3 is 2.34 bits per heavy atom. The molecule has 1 aliphatic heterocycles. The van der Waals surface area contributed by atoms with E-state index in [-0.39, 0.29) is 24.1 Å². The highest BCUT2D eigenvalue weighted by atomic mass is 32.2. The maximum absolute atomic E-state index is 13.4. The first-order valence-electron chi connectivity index (χ1n) is 11.5. The molecular formula is C24H33N5O5S. The molecule has 1 aliphatic rings. The standard InChI is InChI=1S/C24H33N5O5S/c1-5-18-16-25-22(26-17-18)27-19-6-8-21(9-7-19)35(32,33)29(14-15-30)20-10-12-28(13-11-20)23(31)34-24(2,3)4/h5-9,16-17,20,30H,1,10-15H2,2-4H3,(H,25,26,27). The first-order valence-corrected chi connectivity index (χ1v) is 12.9. The fourth-order valence-corrected chi connectivity index (χ4v) is 5.42. The van der Waals surface area contributed by atoms with Crippen molar-refractivity contribution in [3.8, 4) is 0 Å². The normalized spacial score (nSPS) is 15.2. The van der Waals surface area contributed by atoms with Crippen LogP contribution in [-0.4, -0.2) is 76.7 Å². The van der Waals surface area contributed by atoms with Crippen LogP contribution in [0, 0.1) is 0 Å². The number of hydrogen-bond donors (Lipinski definition) is 2. The zero-order valence-corrected chi connectivity index (χ0v) is 21.2. The number of carbonyl (C=O) groups excluding carboxylic acids is 1. The number of anilines is 2. The number of aliphatic hydroxyl groups is 1. The quantitative estimate of drug-likeness (QED) is 0.562. The number of nitrogens with zero attached hydrogens (tertiary/aromatic N) is 4. The van der Waals surface area contributed by atoms with E-state index < -0.39 is 21.7 Å². The highest BCUT2D eigenvalue weighted by Gasteiger charge is 2.35. The lowest BCUT2D eigenvalue weighted by Gasteiger charge is -2.38. The van der Waals surface area contributed by atoms with E-state index in [9.17, 15) is 18.3 Å². The summed E-state index contributed by atoms with van der Waals surface area (Å²) in [6, 6.07) is 5.96. The van der Waals surface area contributed by atoms with Crippen LogP contribution in [0.25, 0.3) is 6.08 Å². The number of amides is 1. The van der Waals surface area contributed by atoms with E-state index in [0.29, 0.717) is 37.6 Å². The van der Waals surface area contributed by atoms with Crippen molar-refractivity contribution in [2.24, 2.45) is 0 Å². The van der Waals surface area contributed by atoms with Crippen LogP contribution in [0.15, 0.2) is 48.1 Å². The summed E-state index contributed by atoms with van der Waals surface area (Å²) >= 11 is 0. The van der Waals surface area contributed by atoms with Gasteiger partial charge in [0, 0.05) is 49.3 Å². The summed E-state index contributed by atoms with van der Waals surface area (Å²) < 4.78 is 33.6. The van der Waals surface area contributed by atoms with Gasteiger partial charge >= 0.3 is 6.09 Å². The van der Waals surface area contributed by atoms with Crippen LogP contribution in [0.4, 0.5) is 16.4 Å². The number of piperidine rings is 1. The third kappa shape index (κ3) is 7.00. The number of nitrogens with one attached hydrogen (secondary N) is 1. The second-order valence-corrected chi connectivity index (χ2v) is 11.1. The van der Waals surface area contributed by atoms with Gasteiger partial charge < -0.3 is 20.1 Å². The number of rotatable bonds is 8. The van der Waals surface area contributed by atoms with Crippen molar-refractivity contribution < 1.29 is 23.1 Å². The van der Waals surface area contributed by atoms with Gasteiger partial charge in [-0.05, 0) is 57.9 Å². The topological polar surface area (TPSA) is 125 Å². The molecule has 1 amide bonds. The van der Waals surface area contributed by atoms with Crippen molar-refractivity contribution in [1.29, 1.82) is 0 Å². The summed E-state index contributed by atoms with van der Waals surface area (Å²) in [5, 5.41) is 12.6. The van der Waals surface area contributed by atoms with Gasteiger partial charge in [0.05, 0.1) is 11.5 Å². The first kappa shape index (κ1) is 26.6. The summed E-state index contributed by atoms with van der Waals surface area (Å²) in [7, 11) is -3.86. The van der Waals surface area contributed by atoms with Crippen LogP contribution >= 0.6 is 0 Å². The zero-order chi connectivity index (χ0) is 25.6. The molecule has 1 aromatic carbocycles. The molecule has 0 atom stereocenters. The molecule has 1 aromatic heterocycles. The van der Waals surface area contributed by atoms with Crippen LogP contribution in [0.1, 0.15) is 39.2 Å². The summed E-state index contributed by atoms with van der Waals surface area (Å²) in [6.45, 7) is 9.51. The number of sulfonamides is 1. The third-order valence-corrected chi connectivity index (χ3v) is 7.43. The van der Waals surface area contributed by atoms with E-state index in [1.807, 2.05) is 0 Å². The van der Waals surface area contributed by atoms with Crippen molar-refractivity contribution in [2.75, 3.05) is 31.6 Å². The predicted molar refractivity (Wildman–Crippen MR) is 134 cm³/mol. The summed E-state index contributed by atoms with van der Waals surface area (Å²) in [5.74, 6) is 0.380. The van der Waals surface area contributed by atoms with E-state index in [0.717, 1.165) is 5.56 Å². The monoisotopic (exact) mass is 503 g/mol. The molecule has 0 aliphatic carbocycles. The number of ether oxygens (including phenoxy) is 1. The number of carbonyl (C=O) groups is 1. The highest BCUT2D eigenvalue weighted by Crippen LogP contribution is 2.26. The number of aliphatic hydroxyl groups excluding tert-OH is 1. The molecule has 0 radical (unpaired) electrons. The van der Waals surface area contributed by atoms with Crippen LogP contribution in [-0.2, 0) is 14.8 Å². The minimum absolute atomic E-state index is 0.0249. The van der Waals surface area contributed by atoms with Gasteiger partial charge in [0.1, 0.15) is 5.60 Å². The molecule has 1 fully saturated rings. The Balaban J connectivity index is 1.68. The molecule has 35 heavy (non-hydrogen) atoms. The fraction of sp³-hybridized carbons (Fsp3) is 0.458. The zero-order valence-electron chi connectivity index (χ0n) is 20.3. The van der Waals surface area contributed by atoms with Crippen molar-refractivity contribution >= 4 is 33.8 Å². The number of likely N-dealkylation sites (tertiary alicyclic amines) is 1. The first-order chi connectivity index (χ1) is 16.5. The fourth-order valence-electron chi connectivity index (χ4n) is 3.74. The van der Waals surface area contributed by atoms with Gasteiger partial charge in [-0.1, -0.05) is 12.7 Å². The predicted octanol–water partition coefficient (Wildman–Crippen LogP) is 3.25. The molecule has 2 aromatic rings. The van der Waals surface area contributed by atoms with Gasteiger partial charge in [0.2, 0.25) is 16.0 Å². The number of hydrogen-bond acceptors (Lipinski definition) is 8. The summed E-state index contributed by atoms with van der Waals surface area (Å²) in [6.07, 6.45) is 5.40. The van der Waals surface area contributed by atoms with Gasteiger partial charge in [-0.3, -0.25) is 0 Å². The van der Waals surface area contributed by atoms with Gasteiger partial charge in [-0.2, -0.15) is 4.31 Å². The second-order valence-electron chi connectivity index (χ2n) is 9.23. The summed E-state index contributed by atoms with van der Waals surface area (Å²) in [4.78, 5) is 22.4. The molecule has 11 heteroatoms. The lowest BCUT2D eigenvalue weighted by atomic mass is 10.1. The van der Waals surface area contributed by atoms with Gasteiger partial charge in [-0.25, -0.2) is 23.2 Å². The second kappa shape index (κ2) is 11.1. The lowest BCUT2D eigenvalue weighted by Crippen LogP contribution is -2.50. The third-order valence-electron chi connectivity index (χ3n) is 5.47. The van der Waals surface area contributed by atoms with Gasteiger partial charge in [-0.15, -0.1) is 0 Å². The van der Waals surface area contributed by atoms with Crippen LogP contribution in [0.2, 0.25) is 0 Å². The van der Waals surface area contributed by atoms with Crippen molar-refractivity contribution in [2.45, 2.75) is 50.2 Å². The van der Waals surface area contributed by atoms with E-state index in [4.69, 9.17) is 4.74 Å². The Hall–Kier alpha value is -3.02. The number of aromatic nitrogens is 2. The Morgan fingerprint density at radius 1 is 1.23 bits per heavy atom. The average Bonchev–Trinajstić information content (AvgIpc) is 2.82. The molecule has 0 unspecified atom stereocenters. The van der Waals surface area contributed by atoms with E-state index in [1.54, 1.807) is 56.3 Å². The van der Waals surface area contributed by atoms with Crippen molar-refractivity contribution in [3.63, 3.8) is 0 Å². The lowest BCUT2D eigenvalue weighted by molar-refractivity contribution is 0.0174. The Kier molecular flexibility index (Phi) is 8.47. The number of benzene rings is 1. The maximum Gasteiger partial charge on any atom is 0.410 e. The Bertz CT molecular complexity index is 1110.